The molecule has 2 nitrogen and oxygen atoms in total. The zero-order valence-corrected chi connectivity index (χ0v) is 9.00. The molecular weight excluding hydrogens is 160 g/mol. The van der Waals surface area contributed by atoms with Crippen LogP contribution in [0.1, 0.15) is 33.1 Å². The number of hydrogen-bond donors (Lipinski definition) is 0. The standard InChI is InChI=1S/C11H22N2/c1-3-12-7-8-13(9-10(12)2)11-5-4-6-11/h10-11H,3-9H2,1-2H3/t10-/m1/s1. The van der Waals surface area contributed by atoms with Gasteiger partial charge in [-0.3, -0.25) is 9.80 Å². The normalized spacial score (nSPS) is 33.2. The van der Waals surface area contributed by atoms with Crippen LogP contribution < -0.4 is 0 Å². The van der Waals surface area contributed by atoms with Crippen LogP contribution in [0.15, 0.2) is 0 Å². The van der Waals surface area contributed by atoms with Crippen LogP contribution in [0.5, 0.6) is 0 Å². The molecule has 0 aromatic carbocycles. The summed E-state index contributed by atoms with van der Waals surface area (Å²) in [5.41, 5.74) is 0. The maximum absolute atomic E-state index is 2.71. The lowest BCUT2D eigenvalue weighted by Gasteiger charge is -2.45. The first-order valence-corrected chi connectivity index (χ1v) is 5.79. The van der Waals surface area contributed by atoms with E-state index in [1.165, 1.54) is 45.4 Å². The van der Waals surface area contributed by atoms with Crippen molar-refractivity contribution in [3.63, 3.8) is 0 Å². The number of hydrogen-bond acceptors (Lipinski definition) is 2. The van der Waals surface area contributed by atoms with Crippen molar-refractivity contribution in [2.24, 2.45) is 0 Å². The predicted molar refractivity (Wildman–Crippen MR) is 55.9 cm³/mol. The maximum Gasteiger partial charge on any atom is 0.0195 e. The van der Waals surface area contributed by atoms with Crippen molar-refractivity contribution in [3.8, 4) is 0 Å². The second kappa shape index (κ2) is 3.97. The molecule has 1 aliphatic carbocycles. The van der Waals surface area contributed by atoms with E-state index in [0.717, 1.165) is 12.1 Å². The molecule has 0 aromatic rings. The second-order valence-corrected chi connectivity index (χ2v) is 4.56. The SMILES string of the molecule is CCN1CCN(C2CCC2)C[C@H]1C. The molecule has 0 aromatic heterocycles. The van der Waals surface area contributed by atoms with Crippen molar-refractivity contribution in [2.75, 3.05) is 26.2 Å². The highest BCUT2D eigenvalue weighted by molar-refractivity contribution is 4.86. The quantitative estimate of drug-likeness (QED) is 0.639. The Hall–Kier alpha value is -0.0800. The molecule has 0 bridgehead atoms. The van der Waals surface area contributed by atoms with Gasteiger partial charge in [0.1, 0.15) is 0 Å². The summed E-state index contributed by atoms with van der Waals surface area (Å²) in [6.45, 7) is 9.76. The molecule has 1 atom stereocenters. The summed E-state index contributed by atoms with van der Waals surface area (Å²) in [7, 11) is 0. The zero-order valence-electron chi connectivity index (χ0n) is 9.00. The van der Waals surface area contributed by atoms with Crippen molar-refractivity contribution in [3.05, 3.63) is 0 Å². The van der Waals surface area contributed by atoms with E-state index in [2.05, 4.69) is 23.6 Å². The highest BCUT2D eigenvalue weighted by atomic mass is 15.3. The topological polar surface area (TPSA) is 6.48 Å². The van der Waals surface area contributed by atoms with Crippen molar-refractivity contribution in [1.29, 1.82) is 0 Å². The first-order chi connectivity index (χ1) is 6.31. The van der Waals surface area contributed by atoms with E-state index in [0.29, 0.717) is 0 Å². The van der Waals surface area contributed by atoms with E-state index < -0.39 is 0 Å². The Labute approximate surface area is 81.9 Å². The highest BCUT2D eigenvalue weighted by Crippen LogP contribution is 2.26. The van der Waals surface area contributed by atoms with E-state index in [4.69, 9.17) is 0 Å². The Morgan fingerprint density at radius 1 is 1.23 bits per heavy atom. The maximum atomic E-state index is 2.71. The van der Waals surface area contributed by atoms with E-state index in [1.807, 2.05) is 0 Å². The van der Waals surface area contributed by atoms with Gasteiger partial charge in [-0.15, -0.1) is 0 Å². The lowest BCUT2D eigenvalue weighted by molar-refractivity contribution is 0.0325. The van der Waals surface area contributed by atoms with Gasteiger partial charge in [-0.05, 0) is 26.3 Å². The average Bonchev–Trinajstić information content (AvgIpc) is 2.01. The van der Waals surface area contributed by atoms with Gasteiger partial charge < -0.3 is 0 Å². The summed E-state index contributed by atoms with van der Waals surface area (Å²) >= 11 is 0. The van der Waals surface area contributed by atoms with E-state index in [-0.39, 0.29) is 0 Å². The smallest absolute Gasteiger partial charge is 0.0195 e. The Morgan fingerprint density at radius 3 is 2.46 bits per heavy atom. The summed E-state index contributed by atoms with van der Waals surface area (Å²) in [6.07, 6.45) is 4.38. The van der Waals surface area contributed by atoms with E-state index in [1.54, 1.807) is 0 Å². The third-order valence-electron chi connectivity index (χ3n) is 3.79. The number of rotatable bonds is 2. The summed E-state index contributed by atoms with van der Waals surface area (Å²) in [4.78, 5) is 5.30. The van der Waals surface area contributed by atoms with Crippen LogP contribution in [0.25, 0.3) is 0 Å². The predicted octanol–water partition coefficient (Wildman–Crippen LogP) is 1.56. The van der Waals surface area contributed by atoms with Gasteiger partial charge in [-0.1, -0.05) is 13.3 Å². The van der Waals surface area contributed by atoms with Crippen molar-refractivity contribution >= 4 is 0 Å². The van der Waals surface area contributed by atoms with Crippen LogP contribution in [0.4, 0.5) is 0 Å². The molecule has 0 unspecified atom stereocenters. The second-order valence-electron chi connectivity index (χ2n) is 4.56. The van der Waals surface area contributed by atoms with Gasteiger partial charge in [0, 0.05) is 31.7 Å². The molecule has 1 saturated carbocycles. The Balaban J connectivity index is 1.83. The van der Waals surface area contributed by atoms with Crippen molar-refractivity contribution in [1.82, 2.24) is 9.80 Å². The largest absolute Gasteiger partial charge is 0.298 e. The fourth-order valence-electron chi connectivity index (χ4n) is 2.58. The molecule has 1 aliphatic heterocycles. The molecule has 2 heteroatoms. The number of piperazine rings is 1. The molecule has 2 fully saturated rings. The minimum Gasteiger partial charge on any atom is -0.298 e. The van der Waals surface area contributed by atoms with Crippen LogP contribution in [-0.4, -0.2) is 48.1 Å². The highest BCUT2D eigenvalue weighted by Gasteiger charge is 2.30. The molecular formula is C11H22N2. The Bertz CT molecular complexity index is 165. The molecule has 0 amide bonds. The molecule has 0 spiro atoms. The summed E-state index contributed by atoms with van der Waals surface area (Å²) in [5.74, 6) is 0. The van der Waals surface area contributed by atoms with Gasteiger partial charge in [-0.2, -0.15) is 0 Å². The van der Waals surface area contributed by atoms with Crippen LogP contribution in [0.3, 0.4) is 0 Å². The molecule has 13 heavy (non-hydrogen) atoms. The van der Waals surface area contributed by atoms with Gasteiger partial charge in [-0.25, -0.2) is 0 Å². The van der Waals surface area contributed by atoms with Crippen LogP contribution >= 0.6 is 0 Å². The Morgan fingerprint density at radius 2 is 2.00 bits per heavy atom. The van der Waals surface area contributed by atoms with Crippen molar-refractivity contribution < 1.29 is 0 Å². The molecule has 2 rings (SSSR count). The van der Waals surface area contributed by atoms with E-state index in [9.17, 15) is 0 Å². The van der Waals surface area contributed by atoms with Crippen LogP contribution in [0, 0.1) is 0 Å². The first kappa shape index (κ1) is 9.47. The average molecular weight is 182 g/mol. The van der Waals surface area contributed by atoms with Gasteiger partial charge in [0.15, 0.2) is 0 Å². The van der Waals surface area contributed by atoms with Gasteiger partial charge in [0.2, 0.25) is 0 Å². The molecule has 1 heterocycles. The minimum atomic E-state index is 0.777. The molecule has 1 saturated heterocycles. The van der Waals surface area contributed by atoms with Gasteiger partial charge in [0.05, 0.1) is 0 Å². The Kier molecular flexibility index (Phi) is 2.89. The third-order valence-corrected chi connectivity index (χ3v) is 3.79. The molecule has 2 aliphatic rings. The third kappa shape index (κ3) is 1.89. The fourth-order valence-corrected chi connectivity index (χ4v) is 2.58. The molecule has 0 N–H and O–H groups in total. The van der Waals surface area contributed by atoms with Crippen molar-refractivity contribution in [2.45, 2.75) is 45.2 Å². The zero-order chi connectivity index (χ0) is 9.26. The summed E-state index contributed by atoms with van der Waals surface area (Å²) in [5, 5.41) is 0. The summed E-state index contributed by atoms with van der Waals surface area (Å²) in [6, 6.07) is 1.72. The van der Waals surface area contributed by atoms with Gasteiger partial charge >= 0.3 is 0 Å². The first-order valence-electron chi connectivity index (χ1n) is 5.79. The lowest BCUT2D eigenvalue weighted by Crippen LogP contribution is -2.55. The number of nitrogens with zero attached hydrogens (tertiary/aromatic N) is 2. The van der Waals surface area contributed by atoms with Crippen LogP contribution in [-0.2, 0) is 0 Å². The fraction of sp³-hybridized carbons (Fsp3) is 1.00. The minimum absolute atomic E-state index is 0.777. The number of likely N-dealkylation sites (N-methyl/N-ethyl adjacent to an activating group) is 1. The van der Waals surface area contributed by atoms with Crippen LogP contribution in [0.2, 0.25) is 0 Å². The molecule has 76 valence electrons. The lowest BCUT2D eigenvalue weighted by atomic mass is 9.90. The summed E-state index contributed by atoms with van der Waals surface area (Å²) < 4.78 is 0. The molecule has 0 radical (unpaired) electrons. The van der Waals surface area contributed by atoms with Gasteiger partial charge in [0.25, 0.3) is 0 Å². The van der Waals surface area contributed by atoms with E-state index >= 15 is 0 Å². The monoisotopic (exact) mass is 182 g/mol.